The molecule has 2 aromatic rings. The molecule has 0 saturated heterocycles. The van der Waals surface area contributed by atoms with Crippen LogP contribution in [0.15, 0.2) is 42.7 Å². The third-order valence-electron chi connectivity index (χ3n) is 4.12. The molecule has 0 bridgehead atoms. The first-order valence-corrected chi connectivity index (χ1v) is 7.26. The summed E-state index contributed by atoms with van der Waals surface area (Å²) in [5, 5.41) is 0. The Hall–Kier alpha value is -1.96. The second-order valence-corrected chi connectivity index (χ2v) is 5.67. The minimum atomic E-state index is 0.211. The summed E-state index contributed by atoms with van der Waals surface area (Å²) in [6.07, 6.45) is 7.51. The van der Waals surface area contributed by atoms with Gasteiger partial charge in [-0.2, -0.15) is 0 Å². The molecule has 102 valence electrons. The lowest BCUT2D eigenvalue weighted by Crippen LogP contribution is -2.14. The van der Waals surface area contributed by atoms with Gasteiger partial charge in [0.1, 0.15) is 0 Å². The van der Waals surface area contributed by atoms with Crippen molar-refractivity contribution in [3.8, 4) is 0 Å². The first kappa shape index (κ1) is 13.0. The third kappa shape index (κ3) is 2.64. The Labute approximate surface area is 119 Å². The van der Waals surface area contributed by atoms with E-state index < -0.39 is 0 Å². The molecule has 1 heterocycles. The van der Waals surface area contributed by atoms with Crippen LogP contribution in [0, 0.1) is 6.92 Å². The zero-order valence-electron chi connectivity index (χ0n) is 11.8. The molecule has 1 aliphatic carbocycles. The van der Waals surface area contributed by atoms with Gasteiger partial charge in [0.25, 0.3) is 0 Å². The van der Waals surface area contributed by atoms with Gasteiger partial charge in [0.15, 0.2) is 5.78 Å². The average molecular weight is 265 g/mol. The van der Waals surface area contributed by atoms with Crippen LogP contribution < -0.4 is 0 Å². The molecule has 2 heteroatoms. The fraction of sp³-hybridized carbons (Fsp3) is 0.333. The van der Waals surface area contributed by atoms with Crippen molar-refractivity contribution in [2.45, 2.75) is 38.5 Å². The van der Waals surface area contributed by atoms with E-state index in [-0.39, 0.29) is 5.78 Å². The number of Topliss-reactive ketones (excluding diaryl/α,β-unsaturated/α-hetero) is 1. The van der Waals surface area contributed by atoms with Gasteiger partial charge in [-0.3, -0.25) is 9.78 Å². The highest BCUT2D eigenvalue weighted by Crippen LogP contribution is 2.34. The number of aryl methyl sites for hydroxylation is 2. The number of carbonyl (C=O) groups excluding carboxylic acids is 1. The van der Waals surface area contributed by atoms with Gasteiger partial charge < -0.3 is 0 Å². The Kier molecular flexibility index (Phi) is 3.64. The quantitative estimate of drug-likeness (QED) is 0.783. The molecule has 0 saturated carbocycles. The normalized spacial score (nSPS) is 17.6. The summed E-state index contributed by atoms with van der Waals surface area (Å²) in [5.41, 5.74) is 4.57. The van der Waals surface area contributed by atoms with E-state index in [1.807, 2.05) is 13.0 Å². The Morgan fingerprint density at radius 1 is 1.30 bits per heavy atom. The average Bonchev–Trinajstić information content (AvgIpc) is 2.47. The van der Waals surface area contributed by atoms with Gasteiger partial charge in [0.2, 0.25) is 0 Å². The number of aromatic nitrogens is 1. The number of hydrogen-bond donors (Lipinski definition) is 0. The Bertz CT molecular complexity index is 633. The van der Waals surface area contributed by atoms with Crippen LogP contribution in [0.2, 0.25) is 0 Å². The predicted molar refractivity (Wildman–Crippen MR) is 80.0 cm³/mol. The van der Waals surface area contributed by atoms with Gasteiger partial charge in [-0.1, -0.05) is 24.3 Å². The van der Waals surface area contributed by atoms with E-state index in [1.165, 1.54) is 17.5 Å². The lowest BCUT2D eigenvalue weighted by Gasteiger charge is -2.24. The van der Waals surface area contributed by atoms with Gasteiger partial charge in [-0.25, -0.2) is 0 Å². The largest absolute Gasteiger partial charge is 0.294 e. The molecule has 1 atom stereocenters. The van der Waals surface area contributed by atoms with Crippen LogP contribution in [-0.2, 0) is 6.42 Å². The smallest absolute Gasteiger partial charge is 0.165 e. The van der Waals surface area contributed by atoms with Crippen molar-refractivity contribution in [2.24, 2.45) is 0 Å². The van der Waals surface area contributed by atoms with Gasteiger partial charge in [-0.05, 0) is 54.9 Å². The maximum atomic E-state index is 12.4. The molecular weight excluding hydrogens is 246 g/mol. The standard InChI is InChI=1S/C18H19NO/c1-13-9-16(12-19-11-13)18(20)10-15-7-4-6-14-5-2-3-8-17(14)15/h2-3,5,8-9,11-12,15H,4,6-7,10H2,1H3. The first-order valence-electron chi connectivity index (χ1n) is 7.26. The number of hydrogen-bond acceptors (Lipinski definition) is 2. The topological polar surface area (TPSA) is 30.0 Å². The van der Waals surface area contributed by atoms with E-state index in [9.17, 15) is 4.79 Å². The van der Waals surface area contributed by atoms with Gasteiger partial charge in [-0.15, -0.1) is 0 Å². The number of ketones is 1. The van der Waals surface area contributed by atoms with Crippen molar-refractivity contribution in [2.75, 3.05) is 0 Å². The number of fused-ring (bicyclic) bond motifs is 1. The zero-order chi connectivity index (χ0) is 13.9. The first-order chi connectivity index (χ1) is 9.74. The highest BCUT2D eigenvalue weighted by molar-refractivity contribution is 5.96. The van der Waals surface area contributed by atoms with E-state index in [4.69, 9.17) is 0 Å². The summed E-state index contributed by atoms with van der Waals surface area (Å²) in [6, 6.07) is 10.5. The predicted octanol–water partition coefficient (Wildman–Crippen LogP) is 4.08. The molecule has 1 aromatic heterocycles. The second-order valence-electron chi connectivity index (χ2n) is 5.67. The Morgan fingerprint density at radius 3 is 3.00 bits per heavy atom. The monoisotopic (exact) mass is 265 g/mol. The molecule has 3 rings (SSSR count). The summed E-state index contributed by atoms with van der Waals surface area (Å²) >= 11 is 0. The lowest BCUT2D eigenvalue weighted by atomic mass is 9.80. The minimum Gasteiger partial charge on any atom is -0.294 e. The van der Waals surface area contributed by atoms with Crippen molar-refractivity contribution < 1.29 is 4.79 Å². The molecule has 1 unspecified atom stereocenters. The van der Waals surface area contributed by atoms with Crippen molar-refractivity contribution in [1.82, 2.24) is 4.98 Å². The summed E-state index contributed by atoms with van der Waals surface area (Å²) in [7, 11) is 0. The van der Waals surface area contributed by atoms with E-state index >= 15 is 0 Å². The zero-order valence-corrected chi connectivity index (χ0v) is 11.8. The van der Waals surface area contributed by atoms with Gasteiger partial charge in [0.05, 0.1) is 0 Å². The molecule has 2 nitrogen and oxygen atoms in total. The summed E-state index contributed by atoms with van der Waals surface area (Å²) in [6.45, 7) is 1.97. The van der Waals surface area contributed by atoms with E-state index in [2.05, 4.69) is 29.2 Å². The summed E-state index contributed by atoms with van der Waals surface area (Å²) in [4.78, 5) is 16.6. The van der Waals surface area contributed by atoms with Crippen LogP contribution in [0.5, 0.6) is 0 Å². The molecule has 1 aromatic carbocycles. The van der Waals surface area contributed by atoms with Crippen LogP contribution in [0.1, 0.15) is 52.2 Å². The van der Waals surface area contributed by atoms with Crippen LogP contribution in [0.4, 0.5) is 0 Å². The van der Waals surface area contributed by atoms with Gasteiger partial charge >= 0.3 is 0 Å². The maximum absolute atomic E-state index is 12.4. The van der Waals surface area contributed by atoms with E-state index in [0.29, 0.717) is 12.3 Å². The molecule has 0 aliphatic heterocycles. The molecule has 0 spiro atoms. The Morgan fingerprint density at radius 2 is 2.15 bits per heavy atom. The van der Waals surface area contributed by atoms with Crippen LogP contribution in [0.25, 0.3) is 0 Å². The maximum Gasteiger partial charge on any atom is 0.165 e. The molecular formula is C18H19NO. The van der Waals surface area contributed by atoms with Crippen LogP contribution in [-0.4, -0.2) is 10.8 Å². The van der Waals surface area contributed by atoms with Crippen molar-refractivity contribution in [3.05, 3.63) is 65.0 Å². The molecule has 0 fully saturated rings. The second kappa shape index (κ2) is 5.58. The number of carbonyl (C=O) groups is 1. The summed E-state index contributed by atoms with van der Waals surface area (Å²) in [5.74, 6) is 0.580. The van der Waals surface area contributed by atoms with Crippen molar-refractivity contribution in [3.63, 3.8) is 0 Å². The SMILES string of the molecule is Cc1cncc(C(=O)CC2CCCc3ccccc32)c1. The molecule has 0 N–H and O–H groups in total. The Balaban J connectivity index is 1.81. The molecule has 0 radical (unpaired) electrons. The third-order valence-corrected chi connectivity index (χ3v) is 4.12. The molecule has 20 heavy (non-hydrogen) atoms. The fourth-order valence-corrected chi connectivity index (χ4v) is 3.12. The van der Waals surface area contributed by atoms with Crippen molar-refractivity contribution in [1.29, 1.82) is 0 Å². The molecule has 1 aliphatic rings. The number of rotatable bonds is 3. The van der Waals surface area contributed by atoms with Crippen molar-refractivity contribution >= 4 is 5.78 Å². The van der Waals surface area contributed by atoms with Crippen LogP contribution >= 0.6 is 0 Å². The highest BCUT2D eigenvalue weighted by atomic mass is 16.1. The minimum absolute atomic E-state index is 0.211. The lowest BCUT2D eigenvalue weighted by molar-refractivity contribution is 0.0970. The highest BCUT2D eigenvalue weighted by Gasteiger charge is 2.22. The van der Waals surface area contributed by atoms with Crippen LogP contribution in [0.3, 0.4) is 0 Å². The number of pyridine rings is 1. The summed E-state index contributed by atoms with van der Waals surface area (Å²) < 4.78 is 0. The number of benzene rings is 1. The van der Waals surface area contributed by atoms with E-state index in [0.717, 1.165) is 24.0 Å². The van der Waals surface area contributed by atoms with E-state index in [1.54, 1.807) is 12.4 Å². The fourth-order valence-electron chi connectivity index (χ4n) is 3.12. The molecule has 0 amide bonds. The number of nitrogens with zero attached hydrogens (tertiary/aromatic N) is 1. The van der Waals surface area contributed by atoms with Gasteiger partial charge in [0, 0.05) is 24.4 Å².